The number of aliphatic hydroxyl groups is 1. The van der Waals surface area contributed by atoms with Gasteiger partial charge in [0.05, 0.1) is 12.1 Å². The zero-order chi connectivity index (χ0) is 13.8. The zero-order valence-electron chi connectivity index (χ0n) is 11.3. The van der Waals surface area contributed by atoms with Crippen LogP contribution in [0, 0.1) is 12.7 Å². The Balaban J connectivity index is 0.00000200. The summed E-state index contributed by atoms with van der Waals surface area (Å²) < 4.78 is 13.3. The Morgan fingerprint density at radius 2 is 1.80 bits per heavy atom. The molecule has 2 rings (SSSR count). The molecular formula is C16H19ClFNO. The third-order valence-corrected chi connectivity index (χ3v) is 3.30. The number of hydrogen-bond acceptors (Lipinski definition) is 2. The van der Waals surface area contributed by atoms with Crippen molar-refractivity contribution in [1.82, 2.24) is 0 Å². The number of nitrogens with two attached hydrogens (primary N) is 1. The van der Waals surface area contributed by atoms with Crippen molar-refractivity contribution < 1.29 is 9.50 Å². The van der Waals surface area contributed by atoms with E-state index in [1.54, 1.807) is 6.07 Å². The summed E-state index contributed by atoms with van der Waals surface area (Å²) >= 11 is 0. The summed E-state index contributed by atoms with van der Waals surface area (Å²) in [5, 5.41) is 10.2. The van der Waals surface area contributed by atoms with Crippen LogP contribution in [-0.2, 0) is 6.42 Å². The van der Waals surface area contributed by atoms with Crippen LogP contribution in [0.5, 0.6) is 0 Å². The van der Waals surface area contributed by atoms with Crippen molar-refractivity contribution in [1.29, 1.82) is 0 Å². The first-order chi connectivity index (χ1) is 9.08. The minimum absolute atomic E-state index is 0. The van der Waals surface area contributed by atoms with Gasteiger partial charge in [0.15, 0.2) is 0 Å². The third-order valence-electron chi connectivity index (χ3n) is 3.30. The van der Waals surface area contributed by atoms with E-state index in [2.05, 4.69) is 0 Å². The van der Waals surface area contributed by atoms with Gasteiger partial charge in [-0.25, -0.2) is 4.39 Å². The first kappa shape index (κ1) is 16.6. The molecule has 2 aromatic carbocycles. The Morgan fingerprint density at radius 1 is 1.15 bits per heavy atom. The minimum Gasteiger partial charge on any atom is -0.391 e. The second-order valence-corrected chi connectivity index (χ2v) is 4.78. The van der Waals surface area contributed by atoms with Crippen LogP contribution in [0.2, 0.25) is 0 Å². The monoisotopic (exact) mass is 295 g/mol. The minimum atomic E-state index is -0.733. The Labute approximate surface area is 124 Å². The predicted octanol–water partition coefficient (Wildman–Crippen LogP) is 3.16. The molecule has 0 aliphatic heterocycles. The Hall–Kier alpha value is -1.42. The molecule has 0 aliphatic rings. The number of halogens is 2. The van der Waals surface area contributed by atoms with E-state index in [9.17, 15) is 9.50 Å². The lowest BCUT2D eigenvalue weighted by atomic mass is 9.94. The Morgan fingerprint density at radius 3 is 2.45 bits per heavy atom. The summed E-state index contributed by atoms with van der Waals surface area (Å²) in [6.45, 7) is 1.86. The molecule has 0 heterocycles. The Kier molecular flexibility index (Phi) is 6.14. The first-order valence-corrected chi connectivity index (χ1v) is 6.31. The summed E-state index contributed by atoms with van der Waals surface area (Å²) in [6.07, 6.45) is -0.277. The van der Waals surface area contributed by atoms with Crippen LogP contribution in [0.1, 0.15) is 22.7 Å². The third kappa shape index (κ3) is 4.04. The van der Waals surface area contributed by atoms with Crippen LogP contribution in [0.4, 0.5) is 4.39 Å². The van der Waals surface area contributed by atoms with Gasteiger partial charge in [-0.05, 0) is 35.7 Å². The fourth-order valence-electron chi connectivity index (χ4n) is 2.16. The molecule has 0 saturated carbocycles. The molecule has 0 bridgehead atoms. The molecule has 2 nitrogen and oxygen atoms in total. The van der Waals surface area contributed by atoms with Crippen LogP contribution in [0.25, 0.3) is 0 Å². The van der Waals surface area contributed by atoms with Crippen LogP contribution in [0.3, 0.4) is 0 Å². The summed E-state index contributed by atoms with van der Waals surface area (Å²) in [7, 11) is 0. The molecule has 3 N–H and O–H groups in total. The summed E-state index contributed by atoms with van der Waals surface area (Å²) in [6, 6.07) is 13.5. The number of aryl methyl sites for hydroxylation is 1. The van der Waals surface area contributed by atoms with E-state index in [-0.39, 0.29) is 18.2 Å². The lowest BCUT2D eigenvalue weighted by Gasteiger charge is -2.21. The average molecular weight is 296 g/mol. The molecule has 2 aromatic rings. The lowest BCUT2D eigenvalue weighted by Crippen LogP contribution is -2.28. The van der Waals surface area contributed by atoms with Crippen molar-refractivity contribution in [3.8, 4) is 0 Å². The zero-order valence-corrected chi connectivity index (χ0v) is 12.1. The molecule has 4 heteroatoms. The van der Waals surface area contributed by atoms with Gasteiger partial charge >= 0.3 is 0 Å². The second kappa shape index (κ2) is 7.39. The van der Waals surface area contributed by atoms with Crippen molar-refractivity contribution >= 4 is 12.4 Å². The highest BCUT2D eigenvalue weighted by Crippen LogP contribution is 2.22. The molecule has 0 amide bonds. The van der Waals surface area contributed by atoms with Gasteiger partial charge in [-0.1, -0.05) is 36.4 Å². The largest absolute Gasteiger partial charge is 0.391 e. The first-order valence-electron chi connectivity index (χ1n) is 6.31. The lowest BCUT2D eigenvalue weighted by molar-refractivity contribution is 0.144. The number of rotatable bonds is 4. The summed E-state index contributed by atoms with van der Waals surface area (Å²) in [5.74, 6) is -0.331. The maximum absolute atomic E-state index is 13.3. The van der Waals surface area contributed by atoms with Crippen LogP contribution in [0.15, 0.2) is 48.5 Å². The van der Waals surface area contributed by atoms with Crippen LogP contribution >= 0.6 is 12.4 Å². The molecule has 0 radical (unpaired) electrons. The van der Waals surface area contributed by atoms with Gasteiger partial charge < -0.3 is 10.8 Å². The molecular weight excluding hydrogens is 277 g/mol. The molecule has 20 heavy (non-hydrogen) atoms. The Bertz CT molecular complexity index is 547. The van der Waals surface area contributed by atoms with Crippen molar-refractivity contribution in [2.75, 3.05) is 0 Å². The van der Waals surface area contributed by atoms with E-state index in [4.69, 9.17) is 5.73 Å². The molecule has 0 fully saturated rings. The van der Waals surface area contributed by atoms with Gasteiger partial charge in [-0.15, -0.1) is 12.4 Å². The fraction of sp³-hybridized carbons (Fsp3) is 0.250. The molecule has 108 valence electrons. The van der Waals surface area contributed by atoms with E-state index >= 15 is 0 Å². The van der Waals surface area contributed by atoms with Gasteiger partial charge in [0.1, 0.15) is 5.82 Å². The number of benzene rings is 2. The van der Waals surface area contributed by atoms with E-state index in [0.29, 0.717) is 12.0 Å². The molecule has 0 spiro atoms. The van der Waals surface area contributed by atoms with E-state index in [1.807, 2.05) is 37.3 Å². The van der Waals surface area contributed by atoms with Gasteiger partial charge in [0, 0.05) is 6.42 Å². The van der Waals surface area contributed by atoms with Gasteiger partial charge in [0.2, 0.25) is 0 Å². The summed E-state index contributed by atoms with van der Waals surface area (Å²) in [5.41, 5.74) is 8.60. The smallest absolute Gasteiger partial charge is 0.123 e. The highest BCUT2D eigenvalue weighted by Gasteiger charge is 2.19. The highest BCUT2D eigenvalue weighted by molar-refractivity contribution is 5.85. The summed E-state index contributed by atoms with van der Waals surface area (Å²) in [4.78, 5) is 0. The molecule has 0 unspecified atom stereocenters. The van der Waals surface area contributed by atoms with Gasteiger partial charge in [0.25, 0.3) is 0 Å². The molecule has 2 atom stereocenters. The van der Waals surface area contributed by atoms with Crippen molar-refractivity contribution in [3.63, 3.8) is 0 Å². The van der Waals surface area contributed by atoms with Crippen molar-refractivity contribution in [2.45, 2.75) is 25.5 Å². The maximum atomic E-state index is 13.3. The fourth-order valence-corrected chi connectivity index (χ4v) is 2.16. The van der Waals surface area contributed by atoms with Crippen molar-refractivity contribution in [3.05, 3.63) is 71.0 Å². The number of aliphatic hydroxyl groups excluding tert-OH is 1. The van der Waals surface area contributed by atoms with E-state index in [0.717, 1.165) is 11.1 Å². The maximum Gasteiger partial charge on any atom is 0.123 e. The van der Waals surface area contributed by atoms with Gasteiger partial charge in [-0.3, -0.25) is 0 Å². The normalized spacial score (nSPS) is 13.4. The van der Waals surface area contributed by atoms with E-state index < -0.39 is 12.1 Å². The van der Waals surface area contributed by atoms with Gasteiger partial charge in [-0.2, -0.15) is 0 Å². The topological polar surface area (TPSA) is 46.2 Å². The second-order valence-electron chi connectivity index (χ2n) is 4.78. The van der Waals surface area contributed by atoms with E-state index in [1.165, 1.54) is 12.1 Å². The average Bonchev–Trinajstić information content (AvgIpc) is 2.42. The quantitative estimate of drug-likeness (QED) is 0.910. The van der Waals surface area contributed by atoms with Crippen molar-refractivity contribution in [2.24, 2.45) is 5.73 Å². The molecule has 0 saturated heterocycles. The van der Waals surface area contributed by atoms with Crippen LogP contribution < -0.4 is 5.73 Å². The molecule has 0 aromatic heterocycles. The SMILES string of the molecule is Cc1ccc(F)cc1[C@H](N)[C@H](O)Cc1ccccc1.Cl. The highest BCUT2D eigenvalue weighted by atomic mass is 35.5. The number of hydrogen-bond donors (Lipinski definition) is 2. The standard InChI is InChI=1S/C16H18FNO.ClH/c1-11-7-8-13(17)10-14(11)16(18)15(19)9-12-5-3-2-4-6-12;/h2-8,10,15-16,19H,9,18H2,1H3;1H/t15-,16+;/m1./s1. The molecule has 0 aliphatic carbocycles. The predicted molar refractivity (Wildman–Crippen MR) is 81.5 cm³/mol. The van der Waals surface area contributed by atoms with Crippen LogP contribution in [-0.4, -0.2) is 11.2 Å².